The normalized spacial score (nSPS) is 12.5. The van der Waals surface area contributed by atoms with Crippen LogP contribution in [-0.4, -0.2) is 26.1 Å². The molecule has 1 unspecified atom stereocenters. The molecule has 28 heavy (non-hydrogen) atoms. The fourth-order valence-electron chi connectivity index (χ4n) is 3.31. The molecule has 6 heteroatoms. The van der Waals surface area contributed by atoms with Gasteiger partial charge in [-0.05, 0) is 31.5 Å². The molecule has 0 saturated heterocycles. The first-order valence-electron chi connectivity index (χ1n) is 9.33. The molecule has 4 aromatic rings. The lowest BCUT2D eigenvalue weighted by Crippen LogP contribution is -2.26. The third-order valence-corrected chi connectivity index (χ3v) is 5.98. The highest BCUT2D eigenvalue weighted by Gasteiger charge is 2.18. The molecule has 1 N–H and O–H groups in total. The molecular weight excluding hydrogens is 370 g/mol. The van der Waals surface area contributed by atoms with Crippen LogP contribution in [0.25, 0.3) is 21.8 Å². The molecule has 0 amide bonds. The summed E-state index contributed by atoms with van der Waals surface area (Å²) in [4.78, 5) is 33.7. The molecule has 5 nitrogen and oxygen atoms in total. The van der Waals surface area contributed by atoms with Crippen molar-refractivity contribution in [3.05, 3.63) is 70.6 Å². The first-order chi connectivity index (χ1) is 13.6. The van der Waals surface area contributed by atoms with E-state index in [4.69, 9.17) is 0 Å². The number of aromatic nitrogens is 3. The standard InChI is InChI=1S/C22H21N3O2S/c1-3-14(2)25-21(27)16-9-5-7-11-19(16)24-22(25)28-13-20(26)17-12-23-18-10-6-4-8-15(17)18/h4-12,14,23H,3,13H2,1-2H3. The van der Waals surface area contributed by atoms with E-state index >= 15 is 0 Å². The highest BCUT2D eigenvalue weighted by molar-refractivity contribution is 7.99. The zero-order valence-corrected chi connectivity index (χ0v) is 16.6. The monoisotopic (exact) mass is 391 g/mol. The van der Waals surface area contributed by atoms with Crippen LogP contribution in [0, 0.1) is 0 Å². The van der Waals surface area contributed by atoms with Gasteiger partial charge in [0.2, 0.25) is 0 Å². The summed E-state index contributed by atoms with van der Waals surface area (Å²) in [5.74, 6) is 0.240. The maximum atomic E-state index is 13.0. The van der Waals surface area contributed by atoms with Gasteiger partial charge in [-0.1, -0.05) is 49.0 Å². The largest absolute Gasteiger partial charge is 0.360 e. The van der Waals surface area contributed by atoms with Crippen molar-refractivity contribution in [1.29, 1.82) is 0 Å². The van der Waals surface area contributed by atoms with Gasteiger partial charge in [0.15, 0.2) is 10.9 Å². The minimum absolute atomic E-state index is 0.00953. The van der Waals surface area contributed by atoms with Gasteiger partial charge in [0.05, 0.1) is 16.7 Å². The first kappa shape index (κ1) is 18.5. The summed E-state index contributed by atoms with van der Waals surface area (Å²) in [6.45, 7) is 4.04. The van der Waals surface area contributed by atoms with Crippen LogP contribution in [-0.2, 0) is 0 Å². The van der Waals surface area contributed by atoms with Gasteiger partial charge in [-0.3, -0.25) is 14.2 Å². The van der Waals surface area contributed by atoms with E-state index < -0.39 is 0 Å². The SMILES string of the molecule is CCC(C)n1c(SCC(=O)c2c[nH]c3ccccc23)nc2ccccc2c1=O. The van der Waals surface area contributed by atoms with Gasteiger partial charge < -0.3 is 4.98 Å². The lowest BCUT2D eigenvalue weighted by Gasteiger charge is -2.18. The minimum Gasteiger partial charge on any atom is -0.360 e. The Balaban J connectivity index is 1.69. The van der Waals surface area contributed by atoms with Gasteiger partial charge in [-0.25, -0.2) is 4.98 Å². The molecule has 0 spiro atoms. The number of carbonyl (C=O) groups excluding carboxylic acids is 1. The van der Waals surface area contributed by atoms with Gasteiger partial charge >= 0.3 is 0 Å². The summed E-state index contributed by atoms with van der Waals surface area (Å²) in [5.41, 5.74) is 2.22. The number of nitrogens with zero attached hydrogens (tertiary/aromatic N) is 2. The number of thioether (sulfide) groups is 1. The lowest BCUT2D eigenvalue weighted by molar-refractivity contribution is 0.102. The fraction of sp³-hybridized carbons (Fsp3) is 0.227. The van der Waals surface area contributed by atoms with Crippen LogP contribution in [0.15, 0.2) is 64.7 Å². The molecule has 0 saturated carbocycles. The molecule has 1 atom stereocenters. The summed E-state index contributed by atoms with van der Waals surface area (Å²) in [5, 5.41) is 2.11. The molecule has 0 fully saturated rings. The van der Waals surface area contributed by atoms with E-state index in [-0.39, 0.29) is 23.1 Å². The maximum Gasteiger partial charge on any atom is 0.262 e. The lowest BCUT2D eigenvalue weighted by atomic mass is 10.1. The van der Waals surface area contributed by atoms with E-state index in [9.17, 15) is 9.59 Å². The second-order valence-corrected chi connectivity index (χ2v) is 7.75. The molecule has 0 aliphatic carbocycles. The Labute approximate surface area is 166 Å². The van der Waals surface area contributed by atoms with Gasteiger partial charge in [0.25, 0.3) is 5.56 Å². The van der Waals surface area contributed by atoms with Crippen LogP contribution in [0.4, 0.5) is 0 Å². The number of nitrogens with one attached hydrogen (secondary N) is 1. The zero-order chi connectivity index (χ0) is 19.7. The van der Waals surface area contributed by atoms with E-state index in [2.05, 4.69) is 9.97 Å². The summed E-state index contributed by atoms with van der Waals surface area (Å²) in [7, 11) is 0. The summed E-state index contributed by atoms with van der Waals surface area (Å²) >= 11 is 1.32. The average Bonchev–Trinajstić information content (AvgIpc) is 3.16. The maximum absolute atomic E-state index is 13.0. The Morgan fingerprint density at radius 2 is 1.86 bits per heavy atom. The van der Waals surface area contributed by atoms with Crippen molar-refractivity contribution >= 4 is 39.4 Å². The van der Waals surface area contributed by atoms with Crippen molar-refractivity contribution in [1.82, 2.24) is 14.5 Å². The highest BCUT2D eigenvalue weighted by Crippen LogP contribution is 2.25. The molecular formula is C22H21N3O2S. The van der Waals surface area contributed by atoms with Crippen molar-refractivity contribution < 1.29 is 4.79 Å². The number of H-pyrrole nitrogens is 1. The van der Waals surface area contributed by atoms with Crippen molar-refractivity contribution in [2.75, 3.05) is 5.75 Å². The van der Waals surface area contributed by atoms with Gasteiger partial charge in [-0.15, -0.1) is 0 Å². The predicted octanol–water partition coefficient (Wildman–Crippen LogP) is 4.82. The van der Waals surface area contributed by atoms with Crippen LogP contribution in [0.1, 0.15) is 36.7 Å². The number of Topliss-reactive ketones (excluding diaryl/α,β-unsaturated/α-hetero) is 1. The van der Waals surface area contributed by atoms with E-state index in [1.165, 1.54) is 11.8 Å². The Morgan fingerprint density at radius 3 is 2.64 bits per heavy atom. The number of hydrogen-bond donors (Lipinski definition) is 1. The van der Waals surface area contributed by atoms with Crippen molar-refractivity contribution in [3.8, 4) is 0 Å². The highest BCUT2D eigenvalue weighted by atomic mass is 32.2. The number of rotatable bonds is 6. The molecule has 0 bridgehead atoms. The second kappa shape index (κ2) is 7.64. The number of para-hydroxylation sites is 2. The third kappa shape index (κ3) is 3.24. The van der Waals surface area contributed by atoms with E-state index in [1.54, 1.807) is 16.8 Å². The Morgan fingerprint density at radius 1 is 1.14 bits per heavy atom. The summed E-state index contributed by atoms with van der Waals surface area (Å²) in [6.07, 6.45) is 2.56. The summed E-state index contributed by atoms with van der Waals surface area (Å²) < 4.78 is 1.72. The minimum atomic E-state index is -0.0537. The van der Waals surface area contributed by atoms with Gasteiger partial charge in [-0.2, -0.15) is 0 Å². The molecule has 0 aliphatic heterocycles. The molecule has 4 rings (SSSR count). The molecule has 2 aromatic carbocycles. The zero-order valence-electron chi connectivity index (χ0n) is 15.8. The number of ketones is 1. The molecule has 0 aliphatic rings. The Hall–Kier alpha value is -2.86. The number of hydrogen-bond acceptors (Lipinski definition) is 4. The molecule has 142 valence electrons. The number of aromatic amines is 1. The topological polar surface area (TPSA) is 67.8 Å². The molecule has 2 heterocycles. The number of fused-ring (bicyclic) bond motifs is 2. The fourth-order valence-corrected chi connectivity index (χ4v) is 4.29. The Bertz CT molecular complexity index is 1230. The van der Waals surface area contributed by atoms with E-state index in [1.807, 2.05) is 56.3 Å². The van der Waals surface area contributed by atoms with Crippen molar-refractivity contribution in [2.45, 2.75) is 31.5 Å². The van der Waals surface area contributed by atoms with Crippen LogP contribution in [0.5, 0.6) is 0 Å². The van der Waals surface area contributed by atoms with Crippen LogP contribution in [0.3, 0.4) is 0 Å². The predicted molar refractivity (Wildman–Crippen MR) is 114 cm³/mol. The third-order valence-electron chi connectivity index (χ3n) is 5.03. The van der Waals surface area contributed by atoms with Crippen molar-refractivity contribution in [3.63, 3.8) is 0 Å². The smallest absolute Gasteiger partial charge is 0.262 e. The average molecular weight is 391 g/mol. The van der Waals surface area contributed by atoms with Gasteiger partial charge in [0, 0.05) is 28.7 Å². The number of benzene rings is 2. The van der Waals surface area contributed by atoms with E-state index in [0.29, 0.717) is 21.6 Å². The number of carbonyl (C=O) groups is 1. The van der Waals surface area contributed by atoms with Crippen LogP contribution < -0.4 is 5.56 Å². The van der Waals surface area contributed by atoms with Crippen LogP contribution in [0.2, 0.25) is 0 Å². The van der Waals surface area contributed by atoms with Crippen molar-refractivity contribution in [2.24, 2.45) is 0 Å². The first-order valence-corrected chi connectivity index (χ1v) is 10.3. The molecule has 2 aromatic heterocycles. The molecule has 0 radical (unpaired) electrons. The van der Waals surface area contributed by atoms with Crippen LogP contribution >= 0.6 is 11.8 Å². The Kier molecular flexibility index (Phi) is 5.05. The summed E-state index contributed by atoms with van der Waals surface area (Å²) in [6, 6.07) is 15.1. The van der Waals surface area contributed by atoms with E-state index in [0.717, 1.165) is 17.3 Å². The van der Waals surface area contributed by atoms with Gasteiger partial charge in [0.1, 0.15) is 0 Å². The quantitative estimate of drug-likeness (QED) is 0.291. The second-order valence-electron chi connectivity index (χ2n) is 6.80.